The predicted octanol–water partition coefficient (Wildman–Crippen LogP) is -0.215. The van der Waals surface area contributed by atoms with E-state index in [2.05, 4.69) is 4.98 Å². The van der Waals surface area contributed by atoms with Gasteiger partial charge in [0.2, 0.25) is 5.88 Å². The summed E-state index contributed by atoms with van der Waals surface area (Å²) in [6, 6.07) is 1.45. The molecule has 2 heterocycles. The molecule has 2 rings (SSSR count). The third-order valence-corrected chi connectivity index (χ3v) is 3.81. The van der Waals surface area contributed by atoms with Gasteiger partial charge in [-0.1, -0.05) is 0 Å². The zero-order chi connectivity index (χ0) is 19.5. The van der Waals surface area contributed by atoms with E-state index in [1.165, 1.54) is 33.0 Å². The van der Waals surface area contributed by atoms with Crippen molar-refractivity contribution in [1.82, 2.24) is 9.55 Å². The molecule has 1 aromatic rings. The van der Waals surface area contributed by atoms with Crippen molar-refractivity contribution in [2.24, 2.45) is 0 Å². The fraction of sp³-hybridized carbons (Fsp3) is 0.625. The molecule has 0 saturated carbocycles. The van der Waals surface area contributed by atoms with Gasteiger partial charge in [-0.25, -0.2) is 4.79 Å². The van der Waals surface area contributed by atoms with E-state index in [-0.39, 0.29) is 12.5 Å². The van der Waals surface area contributed by atoms with E-state index in [0.717, 1.165) is 4.57 Å². The first-order valence-corrected chi connectivity index (χ1v) is 8.07. The van der Waals surface area contributed by atoms with Crippen LogP contribution in [-0.2, 0) is 23.8 Å². The van der Waals surface area contributed by atoms with Crippen molar-refractivity contribution in [3.05, 3.63) is 22.7 Å². The van der Waals surface area contributed by atoms with Crippen molar-refractivity contribution in [2.45, 2.75) is 51.7 Å². The van der Waals surface area contributed by atoms with Gasteiger partial charge < -0.3 is 24.1 Å². The molecular formula is C16H22N2O8. The molecule has 2 unspecified atom stereocenters. The number of rotatable bonds is 6. The molecule has 10 heteroatoms. The van der Waals surface area contributed by atoms with Crippen molar-refractivity contribution in [3.8, 4) is 5.88 Å². The smallest absolute Gasteiger partial charge is 0.353 e. The zero-order valence-corrected chi connectivity index (χ0v) is 15.0. The van der Waals surface area contributed by atoms with Crippen LogP contribution in [0.25, 0.3) is 0 Å². The van der Waals surface area contributed by atoms with Crippen LogP contribution in [0.2, 0.25) is 0 Å². The Labute approximate surface area is 149 Å². The van der Waals surface area contributed by atoms with Gasteiger partial charge >= 0.3 is 17.6 Å². The third-order valence-electron chi connectivity index (χ3n) is 3.81. The molecule has 0 spiro atoms. The van der Waals surface area contributed by atoms with Crippen LogP contribution in [0.1, 0.15) is 33.9 Å². The maximum Gasteiger partial charge on any atom is 0.353 e. The topological polar surface area (TPSA) is 126 Å². The van der Waals surface area contributed by atoms with E-state index >= 15 is 0 Å². The number of ether oxygens (including phenoxy) is 4. The normalized spacial score (nSPS) is 27.8. The Hall–Kier alpha value is -2.46. The Balaban J connectivity index is 2.34. The van der Waals surface area contributed by atoms with Crippen LogP contribution < -0.4 is 10.4 Å². The van der Waals surface area contributed by atoms with E-state index in [0.29, 0.717) is 6.61 Å². The van der Waals surface area contributed by atoms with Crippen LogP contribution in [0.4, 0.5) is 0 Å². The summed E-state index contributed by atoms with van der Waals surface area (Å²) < 4.78 is 22.0. The lowest BCUT2D eigenvalue weighted by molar-refractivity contribution is -0.163. The Morgan fingerprint density at radius 3 is 2.62 bits per heavy atom. The maximum atomic E-state index is 12.3. The van der Waals surface area contributed by atoms with Crippen LogP contribution in [0.3, 0.4) is 0 Å². The first kappa shape index (κ1) is 19.9. The summed E-state index contributed by atoms with van der Waals surface area (Å²) in [4.78, 5) is 38.5. The minimum Gasteiger partial charge on any atom is -0.478 e. The van der Waals surface area contributed by atoms with Crippen molar-refractivity contribution in [3.63, 3.8) is 0 Å². The van der Waals surface area contributed by atoms with E-state index < -0.39 is 41.7 Å². The first-order chi connectivity index (χ1) is 12.2. The van der Waals surface area contributed by atoms with Crippen molar-refractivity contribution in [1.29, 1.82) is 0 Å². The molecule has 1 N–H and O–H groups in total. The predicted molar refractivity (Wildman–Crippen MR) is 86.4 cm³/mol. The molecule has 1 fully saturated rings. The maximum absolute atomic E-state index is 12.3. The second kappa shape index (κ2) is 7.83. The van der Waals surface area contributed by atoms with Gasteiger partial charge in [0.15, 0.2) is 12.3 Å². The molecule has 1 aliphatic rings. The highest BCUT2D eigenvalue weighted by atomic mass is 16.6. The summed E-state index contributed by atoms with van der Waals surface area (Å²) in [6.07, 6.45) is -1.95. The van der Waals surface area contributed by atoms with Crippen LogP contribution in [0, 0.1) is 0 Å². The number of nitrogens with zero attached hydrogens (tertiary/aromatic N) is 2. The van der Waals surface area contributed by atoms with E-state index in [1.54, 1.807) is 6.92 Å². The molecule has 1 aromatic heterocycles. The number of carbonyl (C=O) groups excluding carboxylic acids is 2. The second-order valence-corrected chi connectivity index (χ2v) is 5.97. The molecule has 1 aliphatic heterocycles. The Bertz CT molecular complexity index is 729. The largest absolute Gasteiger partial charge is 0.478 e. The third kappa shape index (κ3) is 4.20. The molecule has 0 aliphatic carbocycles. The van der Waals surface area contributed by atoms with Crippen molar-refractivity contribution >= 4 is 11.9 Å². The zero-order valence-electron chi connectivity index (χ0n) is 15.0. The number of carbonyl (C=O) groups is 2. The number of hydrogen-bond acceptors (Lipinski definition) is 9. The van der Waals surface area contributed by atoms with Crippen LogP contribution in [-0.4, -0.2) is 57.6 Å². The van der Waals surface area contributed by atoms with Gasteiger partial charge in [-0.15, -0.1) is 0 Å². The van der Waals surface area contributed by atoms with Gasteiger partial charge in [0.1, 0.15) is 18.3 Å². The van der Waals surface area contributed by atoms with Crippen LogP contribution in [0.5, 0.6) is 5.88 Å². The summed E-state index contributed by atoms with van der Waals surface area (Å²) >= 11 is 0. The summed E-state index contributed by atoms with van der Waals surface area (Å²) in [6.45, 7) is 5.60. The molecule has 144 valence electrons. The fourth-order valence-corrected chi connectivity index (χ4v) is 2.74. The minimum absolute atomic E-state index is 0.138. The van der Waals surface area contributed by atoms with Gasteiger partial charge in [0.25, 0.3) is 0 Å². The van der Waals surface area contributed by atoms with Gasteiger partial charge in [-0.05, 0) is 13.8 Å². The summed E-state index contributed by atoms with van der Waals surface area (Å²) in [7, 11) is 0. The number of aliphatic hydroxyl groups is 1. The quantitative estimate of drug-likeness (QED) is 0.676. The minimum atomic E-state index is -1.77. The van der Waals surface area contributed by atoms with Crippen molar-refractivity contribution in [2.75, 3.05) is 13.2 Å². The average Bonchev–Trinajstić information content (AvgIpc) is 2.77. The monoisotopic (exact) mass is 370 g/mol. The van der Waals surface area contributed by atoms with Gasteiger partial charge in [0.05, 0.1) is 6.61 Å². The lowest BCUT2D eigenvalue weighted by Gasteiger charge is -2.29. The highest BCUT2D eigenvalue weighted by Gasteiger charge is 2.56. The number of esters is 2. The number of aromatic nitrogens is 2. The molecule has 10 nitrogen and oxygen atoms in total. The summed E-state index contributed by atoms with van der Waals surface area (Å²) in [5, 5.41) is 10.9. The Morgan fingerprint density at radius 1 is 1.38 bits per heavy atom. The van der Waals surface area contributed by atoms with Gasteiger partial charge in [-0.3, -0.25) is 14.2 Å². The first-order valence-electron chi connectivity index (χ1n) is 8.07. The molecular weight excluding hydrogens is 348 g/mol. The lowest BCUT2D eigenvalue weighted by Crippen LogP contribution is -2.48. The van der Waals surface area contributed by atoms with E-state index in [1.807, 2.05) is 0 Å². The summed E-state index contributed by atoms with van der Waals surface area (Å²) in [5.74, 6) is -1.07. The number of hydrogen-bond donors (Lipinski definition) is 1. The fourth-order valence-electron chi connectivity index (χ4n) is 2.74. The SMILES string of the molecule is CCOc1ccn([C@@H]2O[C@H](COC(C)=O)C(OC(C)=O)C2(C)O)c(=O)n1. The van der Waals surface area contributed by atoms with E-state index in [4.69, 9.17) is 18.9 Å². The Morgan fingerprint density at radius 2 is 2.08 bits per heavy atom. The summed E-state index contributed by atoms with van der Waals surface area (Å²) in [5.41, 5.74) is -2.48. The Kier molecular flexibility index (Phi) is 5.98. The highest BCUT2D eigenvalue weighted by molar-refractivity contribution is 5.66. The van der Waals surface area contributed by atoms with Gasteiger partial charge in [0, 0.05) is 26.1 Å². The molecule has 4 atom stereocenters. The van der Waals surface area contributed by atoms with Crippen LogP contribution in [0.15, 0.2) is 17.1 Å². The van der Waals surface area contributed by atoms with Crippen LogP contribution >= 0.6 is 0 Å². The molecule has 0 bridgehead atoms. The molecule has 0 aromatic carbocycles. The van der Waals surface area contributed by atoms with Gasteiger partial charge in [-0.2, -0.15) is 4.98 Å². The lowest BCUT2D eigenvalue weighted by atomic mass is 9.96. The highest BCUT2D eigenvalue weighted by Crippen LogP contribution is 2.39. The molecule has 1 saturated heterocycles. The standard InChI is InChI=1S/C16H22N2O8/c1-5-23-12-6-7-18(15(21)17-12)14-16(4,22)13(25-10(3)20)11(26-14)8-24-9(2)19/h6-7,11,13-14,22H,5,8H2,1-4H3/t11-,13?,14-,16?/m1/s1. The molecule has 26 heavy (non-hydrogen) atoms. The second-order valence-electron chi connectivity index (χ2n) is 5.97. The molecule has 0 radical (unpaired) electrons. The average molecular weight is 370 g/mol. The molecule has 0 amide bonds. The van der Waals surface area contributed by atoms with Crippen molar-refractivity contribution < 1.29 is 33.6 Å². The van der Waals surface area contributed by atoms with E-state index in [9.17, 15) is 19.5 Å².